The molecule has 0 bridgehead atoms. The summed E-state index contributed by atoms with van der Waals surface area (Å²) in [5, 5.41) is 2.02. The Morgan fingerprint density at radius 3 is 2.80 bits per heavy atom. The third kappa shape index (κ3) is 4.96. The molecule has 6 nitrogen and oxygen atoms in total. The maximum Gasteiger partial charge on any atom is 0.252 e. The van der Waals surface area contributed by atoms with Gasteiger partial charge in [-0.25, -0.2) is 8.42 Å². The number of carbonyl (C=O) groups excluding carboxylic acids is 1. The molecule has 2 aromatic heterocycles. The maximum atomic E-state index is 13.5. The van der Waals surface area contributed by atoms with Gasteiger partial charge < -0.3 is 9.64 Å². The molecule has 164 valence electrons. The molecule has 0 saturated carbocycles. The van der Waals surface area contributed by atoms with E-state index in [2.05, 4.69) is 0 Å². The van der Waals surface area contributed by atoms with Crippen LogP contribution < -0.4 is 0 Å². The number of piperidine rings is 1. The van der Waals surface area contributed by atoms with E-state index < -0.39 is 10.0 Å². The van der Waals surface area contributed by atoms with Crippen molar-refractivity contribution in [1.82, 2.24) is 9.21 Å². The summed E-state index contributed by atoms with van der Waals surface area (Å²) in [6, 6.07) is 7.53. The van der Waals surface area contributed by atoms with E-state index in [1.54, 1.807) is 17.4 Å². The third-order valence-electron chi connectivity index (χ3n) is 5.73. The molecular weight excluding hydrogens is 440 g/mol. The molecule has 4 heterocycles. The minimum absolute atomic E-state index is 0.0427. The van der Waals surface area contributed by atoms with Crippen LogP contribution >= 0.6 is 22.7 Å². The van der Waals surface area contributed by atoms with Crippen LogP contribution in [0.25, 0.3) is 0 Å². The number of aryl methyl sites for hydroxylation is 1. The third-order valence-corrected chi connectivity index (χ3v) is 9.92. The van der Waals surface area contributed by atoms with Crippen molar-refractivity contribution in [3.63, 3.8) is 0 Å². The van der Waals surface area contributed by atoms with E-state index in [1.807, 2.05) is 35.4 Å². The lowest BCUT2D eigenvalue weighted by Crippen LogP contribution is -2.47. The van der Waals surface area contributed by atoms with Gasteiger partial charge in [-0.3, -0.25) is 4.79 Å². The molecule has 2 aliphatic rings. The first-order valence-corrected chi connectivity index (χ1v) is 13.6. The smallest absolute Gasteiger partial charge is 0.252 e. The molecule has 2 aliphatic heterocycles. The van der Waals surface area contributed by atoms with Crippen LogP contribution in [0.15, 0.2) is 33.9 Å². The van der Waals surface area contributed by atoms with Crippen LogP contribution in [-0.4, -0.2) is 55.9 Å². The van der Waals surface area contributed by atoms with E-state index in [9.17, 15) is 13.2 Å². The highest BCUT2D eigenvalue weighted by atomic mass is 32.2. The van der Waals surface area contributed by atoms with Crippen LogP contribution in [-0.2, 0) is 26.1 Å². The van der Waals surface area contributed by atoms with Gasteiger partial charge in [0.2, 0.25) is 5.91 Å². The first kappa shape index (κ1) is 22.0. The van der Waals surface area contributed by atoms with Gasteiger partial charge >= 0.3 is 0 Å². The van der Waals surface area contributed by atoms with Gasteiger partial charge in [-0.1, -0.05) is 6.07 Å². The van der Waals surface area contributed by atoms with Crippen molar-refractivity contribution in [3.8, 4) is 0 Å². The van der Waals surface area contributed by atoms with Gasteiger partial charge in [-0.2, -0.15) is 4.31 Å². The largest absolute Gasteiger partial charge is 0.376 e. The fraction of sp³-hybridized carbons (Fsp3) is 0.571. The highest BCUT2D eigenvalue weighted by molar-refractivity contribution is 7.91. The van der Waals surface area contributed by atoms with Crippen molar-refractivity contribution in [1.29, 1.82) is 0 Å². The molecule has 0 N–H and O–H groups in total. The lowest BCUT2D eigenvalue weighted by molar-refractivity contribution is -0.139. The second kappa shape index (κ2) is 9.48. The minimum Gasteiger partial charge on any atom is -0.376 e. The first-order valence-electron chi connectivity index (χ1n) is 10.4. The summed E-state index contributed by atoms with van der Waals surface area (Å²) in [4.78, 5) is 17.5. The number of nitrogens with zero attached hydrogens (tertiary/aromatic N) is 2. The predicted molar refractivity (Wildman–Crippen MR) is 119 cm³/mol. The summed E-state index contributed by atoms with van der Waals surface area (Å²) in [5.74, 6) is -0.267. The summed E-state index contributed by atoms with van der Waals surface area (Å²) in [6.45, 7) is 4.51. The van der Waals surface area contributed by atoms with E-state index in [0.29, 0.717) is 30.3 Å². The van der Waals surface area contributed by atoms with Gasteiger partial charge in [0.15, 0.2) is 0 Å². The lowest BCUT2D eigenvalue weighted by Gasteiger charge is -2.34. The summed E-state index contributed by atoms with van der Waals surface area (Å²) in [6.07, 6.45) is 3.50. The van der Waals surface area contributed by atoms with Crippen LogP contribution in [0.3, 0.4) is 0 Å². The van der Waals surface area contributed by atoms with Crippen LogP contribution in [0.1, 0.15) is 35.4 Å². The van der Waals surface area contributed by atoms with Gasteiger partial charge in [0.05, 0.1) is 18.6 Å². The zero-order valence-corrected chi connectivity index (χ0v) is 19.6. The van der Waals surface area contributed by atoms with Gasteiger partial charge in [0, 0.05) is 36.0 Å². The first-order chi connectivity index (χ1) is 14.4. The fourth-order valence-electron chi connectivity index (χ4n) is 4.16. The number of amides is 1. The Hall–Kier alpha value is -1.26. The Morgan fingerprint density at radius 1 is 1.27 bits per heavy atom. The van der Waals surface area contributed by atoms with Crippen molar-refractivity contribution in [2.75, 3.05) is 26.2 Å². The molecule has 2 atom stereocenters. The topological polar surface area (TPSA) is 66.9 Å². The summed E-state index contributed by atoms with van der Waals surface area (Å²) in [5.41, 5.74) is 0. The Balaban J connectivity index is 1.49. The molecule has 30 heavy (non-hydrogen) atoms. The van der Waals surface area contributed by atoms with E-state index in [1.165, 1.54) is 15.6 Å². The van der Waals surface area contributed by atoms with E-state index in [-0.39, 0.29) is 24.5 Å². The number of rotatable bonds is 7. The summed E-state index contributed by atoms with van der Waals surface area (Å²) in [7, 11) is -3.55. The fourth-order valence-corrected chi connectivity index (χ4v) is 7.84. The highest BCUT2D eigenvalue weighted by Crippen LogP contribution is 2.29. The van der Waals surface area contributed by atoms with Crippen molar-refractivity contribution < 1.29 is 17.9 Å². The Kier molecular flexibility index (Phi) is 6.94. The Morgan fingerprint density at radius 2 is 2.13 bits per heavy atom. The van der Waals surface area contributed by atoms with E-state index in [4.69, 9.17) is 4.74 Å². The molecule has 1 amide bonds. The molecule has 0 aromatic carbocycles. The van der Waals surface area contributed by atoms with Crippen LogP contribution in [0.2, 0.25) is 0 Å². The van der Waals surface area contributed by atoms with Crippen molar-refractivity contribution in [3.05, 3.63) is 39.4 Å². The number of ether oxygens (including phenoxy) is 1. The molecule has 2 saturated heterocycles. The van der Waals surface area contributed by atoms with Gasteiger partial charge in [-0.05, 0) is 56.2 Å². The molecule has 9 heteroatoms. The monoisotopic (exact) mass is 468 g/mol. The standard InChI is InChI=1S/C21H28N2O4S3/c1-16-8-9-20(29-16)30(25,26)23-10-2-5-17(13-23)21(24)22(14-18-6-3-11-27-18)15-19-7-4-12-28-19/h4,7-9,12,17-18H,2-3,5-6,10-11,13-15H2,1H3. The Labute approximate surface area is 186 Å². The number of carbonyl (C=O) groups is 1. The molecule has 0 spiro atoms. The van der Waals surface area contributed by atoms with Gasteiger partial charge in [0.25, 0.3) is 10.0 Å². The number of hydrogen-bond acceptors (Lipinski definition) is 6. The predicted octanol–water partition coefficient (Wildman–Crippen LogP) is 3.73. The molecule has 0 radical (unpaired) electrons. The normalized spacial score (nSPS) is 23.0. The van der Waals surface area contributed by atoms with Crippen LogP contribution in [0.4, 0.5) is 0 Å². The van der Waals surface area contributed by atoms with Crippen molar-refractivity contribution >= 4 is 38.6 Å². The molecule has 0 aliphatic carbocycles. The second-order valence-electron chi connectivity index (χ2n) is 8.00. The van der Waals surface area contributed by atoms with Crippen molar-refractivity contribution in [2.24, 2.45) is 5.92 Å². The number of sulfonamides is 1. The minimum atomic E-state index is -3.55. The highest BCUT2D eigenvalue weighted by Gasteiger charge is 2.36. The van der Waals surface area contributed by atoms with Gasteiger partial charge in [0.1, 0.15) is 4.21 Å². The zero-order chi connectivity index (χ0) is 21.1. The maximum absolute atomic E-state index is 13.5. The van der Waals surface area contributed by atoms with Crippen LogP contribution in [0.5, 0.6) is 0 Å². The molecule has 2 fully saturated rings. The van der Waals surface area contributed by atoms with Gasteiger partial charge in [-0.15, -0.1) is 22.7 Å². The zero-order valence-electron chi connectivity index (χ0n) is 17.2. The summed E-state index contributed by atoms with van der Waals surface area (Å²) < 4.78 is 33.8. The van der Waals surface area contributed by atoms with Crippen molar-refractivity contribution in [2.45, 2.75) is 49.5 Å². The SMILES string of the molecule is Cc1ccc(S(=O)(=O)N2CCCC(C(=O)N(Cc3cccs3)CC3CCCO3)C2)s1. The number of thiophene rings is 2. The quantitative estimate of drug-likeness (QED) is 0.621. The average molecular weight is 469 g/mol. The number of hydrogen-bond donors (Lipinski definition) is 0. The second-order valence-corrected chi connectivity index (χ2v) is 12.5. The molecule has 4 rings (SSSR count). The molecule has 2 aromatic rings. The lowest BCUT2D eigenvalue weighted by atomic mass is 9.97. The molecule has 2 unspecified atom stereocenters. The van der Waals surface area contributed by atoms with E-state index in [0.717, 1.165) is 35.6 Å². The van der Waals surface area contributed by atoms with E-state index >= 15 is 0 Å². The molecular formula is C21H28N2O4S3. The average Bonchev–Trinajstić information content (AvgIpc) is 3.50. The van der Waals surface area contributed by atoms with Crippen LogP contribution in [0, 0.1) is 12.8 Å². The Bertz CT molecular complexity index is 949. The summed E-state index contributed by atoms with van der Waals surface area (Å²) >= 11 is 2.93.